The molecule has 5 nitrogen and oxygen atoms in total. The van der Waals surface area contributed by atoms with Crippen molar-refractivity contribution in [2.45, 2.75) is 0 Å². The lowest BCUT2D eigenvalue weighted by Gasteiger charge is -2.08. The van der Waals surface area contributed by atoms with E-state index in [4.69, 9.17) is 5.11 Å². The van der Waals surface area contributed by atoms with Gasteiger partial charge < -0.3 is 10.4 Å². The molecule has 0 unspecified atom stereocenters. The number of carboxylic acids is 1. The van der Waals surface area contributed by atoms with Crippen LogP contribution in [-0.2, 0) is 4.79 Å². The van der Waals surface area contributed by atoms with Crippen LogP contribution in [0, 0.1) is 0 Å². The van der Waals surface area contributed by atoms with Gasteiger partial charge in [-0.1, -0.05) is 18.2 Å². The quantitative estimate of drug-likeness (QED) is 0.775. The molecule has 1 aromatic heterocycles. The second-order valence-electron chi connectivity index (χ2n) is 4.32. The summed E-state index contributed by atoms with van der Waals surface area (Å²) >= 11 is 0. The Morgan fingerprint density at radius 2 is 1.95 bits per heavy atom. The molecule has 98 valence electrons. The third-order valence-electron chi connectivity index (χ3n) is 3.09. The normalized spacial score (nSPS) is 15.0. The van der Waals surface area contributed by atoms with Crippen LogP contribution in [0.5, 0.6) is 0 Å². The molecule has 1 aliphatic rings. The maximum atomic E-state index is 12.2. The van der Waals surface area contributed by atoms with Gasteiger partial charge in [-0.3, -0.25) is 9.78 Å². The number of pyridine rings is 1. The number of rotatable bonds is 1. The molecule has 0 atom stereocenters. The summed E-state index contributed by atoms with van der Waals surface area (Å²) in [4.78, 5) is 27.2. The first-order valence-electron chi connectivity index (χ1n) is 5.96. The van der Waals surface area contributed by atoms with E-state index in [0.29, 0.717) is 28.0 Å². The molecule has 0 saturated carbocycles. The van der Waals surface area contributed by atoms with Gasteiger partial charge in [-0.15, -0.1) is 0 Å². The molecule has 2 heterocycles. The van der Waals surface area contributed by atoms with Crippen molar-refractivity contribution < 1.29 is 14.7 Å². The van der Waals surface area contributed by atoms with Crippen molar-refractivity contribution >= 4 is 23.1 Å². The Morgan fingerprint density at radius 1 is 1.15 bits per heavy atom. The lowest BCUT2D eigenvalue weighted by molar-refractivity contribution is -0.131. The zero-order valence-electron chi connectivity index (χ0n) is 10.3. The molecule has 20 heavy (non-hydrogen) atoms. The highest BCUT2D eigenvalue weighted by Gasteiger charge is 2.23. The average molecular weight is 266 g/mol. The molecule has 5 heteroatoms. The van der Waals surface area contributed by atoms with Crippen LogP contribution in [0.15, 0.2) is 48.8 Å². The van der Waals surface area contributed by atoms with E-state index in [1.165, 1.54) is 12.4 Å². The predicted molar refractivity (Wildman–Crippen MR) is 73.3 cm³/mol. The van der Waals surface area contributed by atoms with Crippen LogP contribution in [0.2, 0.25) is 0 Å². The van der Waals surface area contributed by atoms with E-state index in [1.54, 1.807) is 30.3 Å². The number of nitrogens with zero attached hydrogens (tertiary/aromatic N) is 1. The van der Waals surface area contributed by atoms with Crippen molar-refractivity contribution in [1.29, 1.82) is 0 Å². The van der Waals surface area contributed by atoms with E-state index < -0.39 is 5.97 Å². The van der Waals surface area contributed by atoms with Gasteiger partial charge >= 0.3 is 5.97 Å². The van der Waals surface area contributed by atoms with Gasteiger partial charge in [-0.2, -0.15) is 0 Å². The standard InChI is InChI=1S/C15H10N2O3/c18-14(19)7-11-9-5-6-16-8-12(9)15(20)17-13-4-2-1-3-10(11)13/h1-8H,(H,17,20)(H,18,19)/b11-7+. The van der Waals surface area contributed by atoms with Crippen molar-refractivity contribution in [3.05, 3.63) is 65.5 Å². The molecule has 0 bridgehead atoms. The Labute approximate surface area is 114 Å². The second-order valence-corrected chi connectivity index (χ2v) is 4.32. The van der Waals surface area contributed by atoms with Crippen molar-refractivity contribution in [1.82, 2.24) is 4.98 Å². The Morgan fingerprint density at radius 3 is 2.75 bits per heavy atom. The lowest BCUT2D eigenvalue weighted by atomic mass is 9.95. The van der Waals surface area contributed by atoms with Crippen LogP contribution in [-0.4, -0.2) is 22.0 Å². The monoisotopic (exact) mass is 266 g/mol. The van der Waals surface area contributed by atoms with Crippen LogP contribution in [0.4, 0.5) is 5.69 Å². The number of benzene rings is 1. The number of para-hydroxylation sites is 1. The second kappa shape index (κ2) is 4.62. The maximum Gasteiger partial charge on any atom is 0.328 e. The Bertz CT molecular complexity index is 750. The largest absolute Gasteiger partial charge is 0.478 e. The first-order chi connectivity index (χ1) is 9.66. The maximum absolute atomic E-state index is 12.2. The molecule has 0 radical (unpaired) electrons. The number of carboxylic acid groups (broad SMARTS) is 1. The van der Waals surface area contributed by atoms with E-state index in [9.17, 15) is 9.59 Å². The third kappa shape index (κ3) is 1.95. The number of fused-ring (bicyclic) bond motifs is 2. The van der Waals surface area contributed by atoms with Crippen LogP contribution in [0.25, 0.3) is 5.57 Å². The van der Waals surface area contributed by atoms with Gasteiger partial charge in [-0.05, 0) is 23.3 Å². The van der Waals surface area contributed by atoms with Gasteiger partial charge in [0.25, 0.3) is 5.91 Å². The summed E-state index contributed by atoms with van der Waals surface area (Å²) in [6.45, 7) is 0. The molecule has 0 aliphatic carbocycles. The van der Waals surface area contributed by atoms with Crippen LogP contribution in [0.3, 0.4) is 0 Å². The number of hydrogen-bond donors (Lipinski definition) is 2. The predicted octanol–water partition coefficient (Wildman–Crippen LogP) is 2.16. The van der Waals surface area contributed by atoms with Crippen molar-refractivity contribution in [3.63, 3.8) is 0 Å². The fourth-order valence-corrected chi connectivity index (χ4v) is 2.25. The van der Waals surface area contributed by atoms with Crippen molar-refractivity contribution in [2.24, 2.45) is 0 Å². The van der Waals surface area contributed by atoms with Crippen LogP contribution in [0.1, 0.15) is 21.5 Å². The van der Waals surface area contributed by atoms with Gasteiger partial charge in [0.2, 0.25) is 0 Å². The molecular weight excluding hydrogens is 256 g/mol. The number of aliphatic carboxylic acids is 1. The molecule has 2 aromatic rings. The van der Waals surface area contributed by atoms with E-state index in [1.807, 2.05) is 0 Å². The van der Waals surface area contributed by atoms with Gasteiger partial charge in [0.1, 0.15) is 0 Å². The number of hydrogen-bond acceptors (Lipinski definition) is 3. The molecule has 0 spiro atoms. The van der Waals surface area contributed by atoms with E-state index in [0.717, 1.165) is 6.08 Å². The Balaban J connectivity index is 2.35. The minimum Gasteiger partial charge on any atom is -0.478 e. The number of nitrogens with one attached hydrogen (secondary N) is 1. The fourth-order valence-electron chi connectivity index (χ4n) is 2.25. The van der Waals surface area contributed by atoms with E-state index in [2.05, 4.69) is 10.3 Å². The topological polar surface area (TPSA) is 79.3 Å². The first kappa shape index (κ1) is 12.1. The smallest absolute Gasteiger partial charge is 0.328 e. The summed E-state index contributed by atoms with van der Waals surface area (Å²) in [6, 6.07) is 8.74. The fraction of sp³-hybridized carbons (Fsp3) is 0. The highest BCUT2D eigenvalue weighted by molar-refractivity contribution is 6.14. The molecule has 1 aliphatic heterocycles. The zero-order valence-corrected chi connectivity index (χ0v) is 10.3. The molecular formula is C15H10N2O3. The highest BCUT2D eigenvalue weighted by Crippen LogP contribution is 2.34. The van der Waals surface area contributed by atoms with Crippen LogP contribution >= 0.6 is 0 Å². The number of aromatic nitrogens is 1. The van der Waals surface area contributed by atoms with Gasteiger partial charge in [0, 0.05) is 29.7 Å². The number of amides is 1. The SMILES string of the molecule is O=C(O)/C=C1/c2ccccc2NC(=O)c2cnccc21. The Hall–Kier alpha value is -2.95. The summed E-state index contributed by atoms with van der Waals surface area (Å²) < 4.78 is 0. The number of carbonyl (C=O) groups is 2. The van der Waals surface area contributed by atoms with Gasteiger partial charge in [0.15, 0.2) is 0 Å². The molecule has 1 amide bonds. The molecule has 0 fully saturated rings. The van der Waals surface area contributed by atoms with Gasteiger partial charge in [0.05, 0.1) is 5.56 Å². The summed E-state index contributed by atoms with van der Waals surface area (Å²) in [5.74, 6) is -1.36. The highest BCUT2D eigenvalue weighted by atomic mass is 16.4. The molecule has 3 rings (SSSR count). The van der Waals surface area contributed by atoms with Gasteiger partial charge in [-0.25, -0.2) is 4.79 Å². The minimum atomic E-state index is -1.06. The Kier molecular flexibility index (Phi) is 2.80. The molecule has 1 aromatic carbocycles. The average Bonchev–Trinajstić information content (AvgIpc) is 2.55. The summed E-state index contributed by atoms with van der Waals surface area (Å²) in [6.07, 6.45) is 4.08. The lowest BCUT2D eigenvalue weighted by Crippen LogP contribution is -2.12. The number of carbonyl (C=O) groups excluding carboxylic acids is 1. The molecule has 0 saturated heterocycles. The minimum absolute atomic E-state index is 0.297. The summed E-state index contributed by atoms with van der Waals surface area (Å²) in [7, 11) is 0. The number of anilines is 1. The van der Waals surface area contributed by atoms with E-state index >= 15 is 0 Å². The first-order valence-corrected chi connectivity index (χ1v) is 5.96. The molecule has 2 N–H and O–H groups in total. The van der Waals surface area contributed by atoms with Crippen molar-refractivity contribution in [2.75, 3.05) is 5.32 Å². The summed E-state index contributed by atoms with van der Waals surface area (Å²) in [5, 5.41) is 11.8. The third-order valence-corrected chi connectivity index (χ3v) is 3.09. The zero-order chi connectivity index (χ0) is 14.1. The van der Waals surface area contributed by atoms with Crippen LogP contribution < -0.4 is 5.32 Å². The van der Waals surface area contributed by atoms with E-state index in [-0.39, 0.29) is 5.91 Å². The van der Waals surface area contributed by atoms with Crippen molar-refractivity contribution in [3.8, 4) is 0 Å². The summed E-state index contributed by atoms with van der Waals surface area (Å²) in [5.41, 5.74) is 2.67.